The number of rotatable bonds is 8. The summed E-state index contributed by atoms with van der Waals surface area (Å²) < 4.78 is 50.6. The minimum Gasteiger partial charge on any atom is -0.487 e. The Hall–Kier alpha value is -4.60. The van der Waals surface area contributed by atoms with Crippen LogP contribution in [-0.4, -0.2) is 32.0 Å². The zero-order valence-corrected chi connectivity index (χ0v) is 22.6. The van der Waals surface area contributed by atoms with Crippen molar-refractivity contribution >= 4 is 27.9 Å². The van der Waals surface area contributed by atoms with E-state index in [1.54, 1.807) is 12.1 Å². The second kappa shape index (κ2) is 11.3. The van der Waals surface area contributed by atoms with E-state index in [0.29, 0.717) is 35.5 Å². The molecule has 0 aliphatic heterocycles. The summed E-state index contributed by atoms with van der Waals surface area (Å²) in [6.07, 6.45) is -1.90. The quantitative estimate of drug-likeness (QED) is 0.207. The minimum absolute atomic E-state index is 0.199. The third kappa shape index (κ3) is 6.02. The number of imidazole rings is 1. The summed E-state index contributed by atoms with van der Waals surface area (Å²) in [6, 6.07) is 23.0. The molecule has 1 saturated carbocycles. The molecule has 2 unspecified atom stereocenters. The zero-order valence-electron chi connectivity index (χ0n) is 22.6. The number of halogens is 3. The summed E-state index contributed by atoms with van der Waals surface area (Å²) in [4.78, 5) is 21.7. The number of aromatic nitrogens is 3. The maximum absolute atomic E-state index is 12.9. The van der Waals surface area contributed by atoms with Gasteiger partial charge in [0.25, 0.3) is 0 Å². The molecule has 0 spiro atoms. The molecule has 10 heteroatoms. The standard InChI is InChI=1S/C32H28F3N3O4/c33-32(34,35)42-24-8-5-6-20(16-24)18-38-29-15-14-23(41-19-22-13-12-21-7-1-4-11-27(21)36-22)17-28(29)37-30(38)25-9-2-3-10-26(25)31(39)40/h1,4-8,11-17,25-26H,2-3,9-10,18-19H2,(H,39,40). The lowest BCUT2D eigenvalue weighted by Gasteiger charge is -2.28. The van der Waals surface area contributed by atoms with Gasteiger partial charge < -0.3 is 19.1 Å². The predicted octanol–water partition coefficient (Wildman–Crippen LogP) is 7.47. The first-order valence-corrected chi connectivity index (χ1v) is 13.8. The van der Waals surface area contributed by atoms with Gasteiger partial charge in [0.15, 0.2) is 0 Å². The largest absolute Gasteiger partial charge is 0.573 e. The molecule has 2 heterocycles. The van der Waals surface area contributed by atoms with Gasteiger partial charge in [-0.05, 0) is 54.8 Å². The first-order chi connectivity index (χ1) is 20.2. The Kier molecular flexibility index (Phi) is 7.45. The number of alkyl halides is 3. The number of benzene rings is 3. The maximum Gasteiger partial charge on any atom is 0.573 e. The van der Waals surface area contributed by atoms with E-state index < -0.39 is 18.2 Å². The van der Waals surface area contributed by atoms with Crippen molar-refractivity contribution in [2.75, 3.05) is 0 Å². The number of hydrogen-bond acceptors (Lipinski definition) is 5. The first-order valence-electron chi connectivity index (χ1n) is 13.8. The number of hydrogen-bond donors (Lipinski definition) is 1. The van der Waals surface area contributed by atoms with E-state index in [-0.39, 0.29) is 24.8 Å². The summed E-state index contributed by atoms with van der Waals surface area (Å²) in [7, 11) is 0. The molecule has 0 amide bonds. The van der Waals surface area contributed by atoms with Crippen LogP contribution in [0.3, 0.4) is 0 Å². The van der Waals surface area contributed by atoms with Gasteiger partial charge >= 0.3 is 12.3 Å². The number of ether oxygens (including phenoxy) is 2. The molecule has 1 aliphatic rings. The molecule has 1 aliphatic carbocycles. The Balaban J connectivity index is 1.33. The Bertz CT molecular complexity index is 1750. The summed E-state index contributed by atoms with van der Waals surface area (Å²) >= 11 is 0. The van der Waals surface area contributed by atoms with Crippen LogP contribution in [-0.2, 0) is 17.9 Å². The van der Waals surface area contributed by atoms with Crippen molar-refractivity contribution in [1.82, 2.24) is 14.5 Å². The third-order valence-corrected chi connectivity index (χ3v) is 7.68. The fraction of sp³-hybridized carbons (Fsp3) is 0.281. The molecule has 2 atom stereocenters. The van der Waals surface area contributed by atoms with Crippen molar-refractivity contribution in [3.05, 3.63) is 95.9 Å². The molecular weight excluding hydrogens is 547 g/mol. The van der Waals surface area contributed by atoms with Crippen LogP contribution >= 0.6 is 0 Å². The molecule has 2 aromatic heterocycles. The molecular formula is C32H28F3N3O4. The highest BCUT2D eigenvalue weighted by atomic mass is 19.4. The van der Waals surface area contributed by atoms with Crippen LogP contribution < -0.4 is 9.47 Å². The number of nitrogens with zero attached hydrogens (tertiary/aromatic N) is 3. The van der Waals surface area contributed by atoms with E-state index in [2.05, 4.69) is 9.72 Å². The molecule has 0 saturated heterocycles. The number of pyridine rings is 1. The molecule has 1 fully saturated rings. The van der Waals surface area contributed by atoms with E-state index in [1.807, 2.05) is 53.1 Å². The Morgan fingerprint density at radius 1 is 0.905 bits per heavy atom. The second-order valence-electron chi connectivity index (χ2n) is 10.5. The SMILES string of the molecule is O=C(O)C1CCCCC1c1nc2cc(OCc3ccc4ccccc4n3)ccc2n1Cc1cccc(OC(F)(F)F)c1. The number of aliphatic carboxylic acids is 1. The van der Waals surface area contributed by atoms with E-state index in [9.17, 15) is 23.1 Å². The van der Waals surface area contributed by atoms with Gasteiger partial charge in [0, 0.05) is 23.9 Å². The highest BCUT2D eigenvalue weighted by molar-refractivity contribution is 5.79. The second-order valence-corrected chi connectivity index (χ2v) is 10.5. The van der Waals surface area contributed by atoms with E-state index in [0.717, 1.165) is 35.0 Å². The first kappa shape index (κ1) is 27.6. The van der Waals surface area contributed by atoms with Crippen LogP contribution in [0, 0.1) is 5.92 Å². The van der Waals surface area contributed by atoms with Crippen molar-refractivity contribution in [3.63, 3.8) is 0 Å². The molecule has 6 rings (SSSR count). The number of carbonyl (C=O) groups is 1. The molecule has 0 bridgehead atoms. The monoisotopic (exact) mass is 575 g/mol. The van der Waals surface area contributed by atoms with Crippen molar-refractivity contribution in [2.24, 2.45) is 5.92 Å². The molecule has 0 radical (unpaired) electrons. The van der Waals surface area contributed by atoms with Crippen molar-refractivity contribution in [1.29, 1.82) is 0 Å². The number of carboxylic acid groups (broad SMARTS) is 1. The van der Waals surface area contributed by atoms with Crippen LogP contribution in [0.4, 0.5) is 13.2 Å². The summed E-state index contributed by atoms with van der Waals surface area (Å²) in [5, 5.41) is 11.0. The Morgan fingerprint density at radius 2 is 1.74 bits per heavy atom. The van der Waals surface area contributed by atoms with Gasteiger partial charge in [-0.1, -0.05) is 49.2 Å². The number of para-hydroxylation sites is 1. The number of carboxylic acids is 1. The lowest BCUT2D eigenvalue weighted by Crippen LogP contribution is -2.27. The van der Waals surface area contributed by atoms with Crippen LogP contribution in [0.15, 0.2) is 78.9 Å². The van der Waals surface area contributed by atoms with Gasteiger partial charge in [0.05, 0.1) is 28.2 Å². The van der Waals surface area contributed by atoms with Crippen LogP contribution in [0.2, 0.25) is 0 Å². The van der Waals surface area contributed by atoms with Crippen molar-refractivity contribution in [2.45, 2.75) is 51.1 Å². The Labute approximate surface area is 239 Å². The third-order valence-electron chi connectivity index (χ3n) is 7.68. The van der Waals surface area contributed by atoms with Crippen LogP contribution in [0.25, 0.3) is 21.9 Å². The van der Waals surface area contributed by atoms with E-state index in [4.69, 9.17) is 9.72 Å². The molecule has 5 aromatic rings. The fourth-order valence-electron chi connectivity index (χ4n) is 5.77. The average Bonchev–Trinajstić information content (AvgIpc) is 3.32. The maximum atomic E-state index is 12.9. The molecule has 1 N–H and O–H groups in total. The molecule has 216 valence electrons. The van der Waals surface area contributed by atoms with Gasteiger partial charge in [-0.25, -0.2) is 9.97 Å². The lowest BCUT2D eigenvalue weighted by atomic mass is 9.78. The minimum atomic E-state index is -4.80. The molecule has 7 nitrogen and oxygen atoms in total. The highest BCUT2D eigenvalue weighted by Gasteiger charge is 2.35. The topological polar surface area (TPSA) is 86.5 Å². The normalized spacial score (nSPS) is 17.4. The van der Waals surface area contributed by atoms with Crippen molar-refractivity contribution in [3.8, 4) is 11.5 Å². The lowest BCUT2D eigenvalue weighted by molar-refractivity contribution is -0.274. The molecule has 42 heavy (non-hydrogen) atoms. The summed E-state index contributed by atoms with van der Waals surface area (Å²) in [6.45, 7) is 0.449. The fourth-order valence-corrected chi connectivity index (χ4v) is 5.77. The van der Waals surface area contributed by atoms with Gasteiger partial charge in [-0.15, -0.1) is 13.2 Å². The van der Waals surface area contributed by atoms with E-state index in [1.165, 1.54) is 18.2 Å². The highest BCUT2D eigenvalue weighted by Crippen LogP contribution is 2.39. The van der Waals surface area contributed by atoms with Gasteiger partial charge in [-0.3, -0.25) is 4.79 Å². The van der Waals surface area contributed by atoms with Crippen LogP contribution in [0.1, 0.15) is 48.7 Å². The number of fused-ring (bicyclic) bond motifs is 2. The van der Waals surface area contributed by atoms with Crippen molar-refractivity contribution < 1.29 is 32.5 Å². The van der Waals surface area contributed by atoms with Gasteiger partial charge in [0.2, 0.25) is 0 Å². The molecule has 3 aromatic carbocycles. The van der Waals surface area contributed by atoms with Gasteiger partial charge in [-0.2, -0.15) is 0 Å². The summed E-state index contributed by atoms with van der Waals surface area (Å²) in [5.74, 6) is -0.926. The zero-order chi connectivity index (χ0) is 29.3. The van der Waals surface area contributed by atoms with Crippen LogP contribution in [0.5, 0.6) is 11.5 Å². The summed E-state index contributed by atoms with van der Waals surface area (Å²) in [5.41, 5.74) is 3.57. The Morgan fingerprint density at radius 3 is 2.57 bits per heavy atom. The predicted molar refractivity (Wildman–Crippen MR) is 150 cm³/mol. The average molecular weight is 576 g/mol. The van der Waals surface area contributed by atoms with E-state index >= 15 is 0 Å². The smallest absolute Gasteiger partial charge is 0.487 e. The van der Waals surface area contributed by atoms with Gasteiger partial charge in [0.1, 0.15) is 23.9 Å².